The van der Waals surface area contributed by atoms with Crippen molar-refractivity contribution in [3.8, 4) is 0 Å². The fraction of sp³-hybridized carbons (Fsp3) is 0.429. The quantitative estimate of drug-likeness (QED) is 0.838. The van der Waals surface area contributed by atoms with Gasteiger partial charge >= 0.3 is 0 Å². The summed E-state index contributed by atoms with van der Waals surface area (Å²) < 4.78 is 0.929. The van der Waals surface area contributed by atoms with Crippen molar-refractivity contribution in [2.45, 2.75) is 19.4 Å². The summed E-state index contributed by atoms with van der Waals surface area (Å²) in [6.07, 6.45) is 1.98. The molecule has 6 heteroatoms. The first-order valence-corrected chi connectivity index (χ1v) is 7.50. The van der Waals surface area contributed by atoms with Crippen LogP contribution in [-0.2, 0) is 0 Å². The summed E-state index contributed by atoms with van der Waals surface area (Å²) in [6.45, 7) is 3.10. The highest BCUT2D eigenvalue weighted by Gasteiger charge is 2.29. The van der Waals surface area contributed by atoms with Gasteiger partial charge in [-0.25, -0.2) is 0 Å². The van der Waals surface area contributed by atoms with Gasteiger partial charge in [0.15, 0.2) is 0 Å². The summed E-state index contributed by atoms with van der Waals surface area (Å²) in [5.41, 5.74) is 7.23. The Morgan fingerprint density at radius 2 is 2.40 bits per heavy atom. The van der Waals surface area contributed by atoms with Crippen LogP contribution in [0.15, 0.2) is 18.3 Å². The van der Waals surface area contributed by atoms with Crippen molar-refractivity contribution >= 4 is 33.1 Å². The lowest BCUT2D eigenvalue weighted by Crippen LogP contribution is -2.44. The molecule has 2 atom stereocenters. The van der Waals surface area contributed by atoms with Gasteiger partial charge in [-0.05, 0) is 24.5 Å². The molecule has 20 heavy (non-hydrogen) atoms. The lowest BCUT2D eigenvalue weighted by atomic mass is 9.96. The van der Waals surface area contributed by atoms with Gasteiger partial charge in [0.2, 0.25) is 0 Å². The topological polar surface area (TPSA) is 79.5 Å². The molecule has 0 saturated carbocycles. The first-order valence-electron chi connectivity index (χ1n) is 6.68. The number of anilines is 1. The maximum atomic E-state index is 12.6. The van der Waals surface area contributed by atoms with Crippen molar-refractivity contribution in [2.75, 3.05) is 18.8 Å². The van der Waals surface area contributed by atoms with Crippen LogP contribution in [0.3, 0.4) is 0 Å². The smallest absolute Gasteiger partial charge is 0.266 e. The van der Waals surface area contributed by atoms with E-state index in [1.807, 2.05) is 19.1 Å². The molecule has 1 amide bonds. The number of nitrogens with zero attached hydrogens (tertiary/aromatic N) is 2. The SMILES string of the molecule is CC1CN(C(=O)c2sc3cccnc3c2N)CCC1O. The van der Waals surface area contributed by atoms with E-state index in [1.165, 1.54) is 11.3 Å². The monoisotopic (exact) mass is 291 g/mol. The standard InChI is InChI=1S/C14H17N3O2S/c1-8-7-17(6-4-9(8)18)14(19)13-11(15)12-10(20-13)3-2-5-16-12/h2-3,5,8-9,18H,4,6-7,15H2,1H3. The molecule has 2 unspecified atom stereocenters. The van der Waals surface area contributed by atoms with Gasteiger partial charge in [0, 0.05) is 19.3 Å². The lowest BCUT2D eigenvalue weighted by Gasteiger charge is -2.34. The van der Waals surface area contributed by atoms with E-state index in [1.54, 1.807) is 11.1 Å². The number of hydrogen-bond acceptors (Lipinski definition) is 5. The maximum absolute atomic E-state index is 12.6. The van der Waals surface area contributed by atoms with Crippen molar-refractivity contribution in [2.24, 2.45) is 5.92 Å². The zero-order valence-electron chi connectivity index (χ0n) is 11.2. The number of piperidine rings is 1. The molecular weight excluding hydrogens is 274 g/mol. The molecule has 0 spiro atoms. The lowest BCUT2D eigenvalue weighted by molar-refractivity contribution is 0.0301. The van der Waals surface area contributed by atoms with Crippen LogP contribution in [0, 0.1) is 5.92 Å². The number of pyridine rings is 1. The van der Waals surface area contributed by atoms with Gasteiger partial charge < -0.3 is 15.7 Å². The zero-order chi connectivity index (χ0) is 14.3. The van der Waals surface area contributed by atoms with Crippen LogP contribution < -0.4 is 5.73 Å². The summed E-state index contributed by atoms with van der Waals surface area (Å²) in [5.74, 6) is 0.0469. The molecule has 1 saturated heterocycles. The minimum absolute atomic E-state index is 0.0516. The average molecular weight is 291 g/mol. The Balaban J connectivity index is 1.91. The molecule has 3 heterocycles. The van der Waals surface area contributed by atoms with E-state index < -0.39 is 0 Å². The van der Waals surface area contributed by atoms with Crippen molar-refractivity contribution in [3.63, 3.8) is 0 Å². The number of aliphatic hydroxyl groups excluding tert-OH is 1. The van der Waals surface area contributed by atoms with Crippen LogP contribution >= 0.6 is 11.3 Å². The molecule has 106 valence electrons. The normalized spacial score (nSPS) is 23.2. The van der Waals surface area contributed by atoms with Gasteiger partial charge in [0.1, 0.15) is 10.4 Å². The highest BCUT2D eigenvalue weighted by atomic mass is 32.1. The molecule has 0 aliphatic carbocycles. The second kappa shape index (κ2) is 5.03. The van der Waals surface area contributed by atoms with Crippen LogP contribution in [-0.4, -0.2) is 40.1 Å². The second-order valence-corrected chi connectivity index (χ2v) is 6.33. The Labute approximate surface area is 121 Å². The molecular formula is C14H17N3O2S. The van der Waals surface area contributed by atoms with Crippen LogP contribution in [0.2, 0.25) is 0 Å². The predicted octanol–water partition coefficient (Wildman–Crippen LogP) is 1.72. The number of thiophene rings is 1. The molecule has 2 aromatic heterocycles. The zero-order valence-corrected chi connectivity index (χ0v) is 12.1. The Morgan fingerprint density at radius 1 is 1.60 bits per heavy atom. The summed E-state index contributed by atoms with van der Waals surface area (Å²) >= 11 is 1.39. The number of amides is 1. The molecule has 5 nitrogen and oxygen atoms in total. The third-order valence-electron chi connectivity index (χ3n) is 3.82. The van der Waals surface area contributed by atoms with Gasteiger partial charge in [0.25, 0.3) is 5.91 Å². The number of hydrogen-bond donors (Lipinski definition) is 2. The van der Waals surface area contributed by atoms with E-state index in [0.29, 0.717) is 35.6 Å². The molecule has 0 aromatic carbocycles. The van der Waals surface area contributed by atoms with Gasteiger partial charge in [0.05, 0.1) is 16.5 Å². The largest absolute Gasteiger partial charge is 0.396 e. The van der Waals surface area contributed by atoms with Crippen LogP contribution in [0.4, 0.5) is 5.69 Å². The Hall–Kier alpha value is -1.66. The maximum Gasteiger partial charge on any atom is 0.266 e. The number of fused-ring (bicyclic) bond motifs is 1. The van der Waals surface area contributed by atoms with E-state index in [2.05, 4.69) is 4.98 Å². The van der Waals surface area contributed by atoms with Gasteiger partial charge in [-0.2, -0.15) is 0 Å². The minimum atomic E-state index is -0.319. The van der Waals surface area contributed by atoms with Gasteiger partial charge in [-0.15, -0.1) is 11.3 Å². The van der Waals surface area contributed by atoms with E-state index in [0.717, 1.165) is 4.70 Å². The first kappa shape index (κ1) is 13.3. The third-order valence-corrected chi connectivity index (χ3v) is 4.97. The summed E-state index contributed by atoms with van der Waals surface area (Å²) in [6, 6.07) is 3.76. The third kappa shape index (κ3) is 2.14. The number of carbonyl (C=O) groups excluding carboxylic acids is 1. The molecule has 1 aliphatic heterocycles. The van der Waals surface area contributed by atoms with Crippen molar-refractivity contribution < 1.29 is 9.90 Å². The molecule has 3 rings (SSSR count). The molecule has 0 radical (unpaired) electrons. The van der Waals surface area contributed by atoms with Crippen LogP contribution in [0.1, 0.15) is 23.0 Å². The highest BCUT2D eigenvalue weighted by Crippen LogP contribution is 2.33. The minimum Gasteiger partial charge on any atom is -0.396 e. The summed E-state index contributed by atoms with van der Waals surface area (Å²) in [5, 5.41) is 9.75. The predicted molar refractivity (Wildman–Crippen MR) is 79.7 cm³/mol. The van der Waals surface area contributed by atoms with E-state index in [9.17, 15) is 9.90 Å². The number of carbonyl (C=O) groups is 1. The highest BCUT2D eigenvalue weighted by molar-refractivity contribution is 7.21. The van der Waals surface area contributed by atoms with Crippen molar-refractivity contribution in [3.05, 3.63) is 23.2 Å². The number of rotatable bonds is 1. The van der Waals surface area contributed by atoms with Crippen LogP contribution in [0.25, 0.3) is 10.2 Å². The van der Waals surface area contributed by atoms with E-state index in [4.69, 9.17) is 5.73 Å². The Kier molecular flexibility index (Phi) is 3.35. The average Bonchev–Trinajstić information content (AvgIpc) is 2.79. The molecule has 3 N–H and O–H groups in total. The molecule has 2 aromatic rings. The second-order valence-electron chi connectivity index (χ2n) is 5.28. The summed E-state index contributed by atoms with van der Waals surface area (Å²) in [7, 11) is 0. The van der Waals surface area contributed by atoms with E-state index >= 15 is 0 Å². The number of aliphatic hydroxyl groups is 1. The number of nitrogens with two attached hydrogens (primary N) is 1. The van der Waals surface area contributed by atoms with Crippen molar-refractivity contribution in [1.29, 1.82) is 0 Å². The number of aromatic nitrogens is 1. The Bertz CT molecular complexity index is 655. The molecule has 1 fully saturated rings. The molecule has 0 bridgehead atoms. The fourth-order valence-corrected chi connectivity index (χ4v) is 3.62. The van der Waals surface area contributed by atoms with Crippen molar-refractivity contribution in [1.82, 2.24) is 9.88 Å². The van der Waals surface area contributed by atoms with E-state index in [-0.39, 0.29) is 17.9 Å². The van der Waals surface area contributed by atoms with Gasteiger partial charge in [-0.3, -0.25) is 9.78 Å². The molecule has 1 aliphatic rings. The fourth-order valence-electron chi connectivity index (χ4n) is 2.57. The summed E-state index contributed by atoms with van der Waals surface area (Å²) in [4.78, 5) is 19.2. The number of nitrogen functional groups attached to an aromatic ring is 1. The Morgan fingerprint density at radius 3 is 3.10 bits per heavy atom. The van der Waals surface area contributed by atoms with Crippen LogP contribution in [0.5, 0.6) is 0 Å². The number of likely N-dealkylation sites (tertiary alicyclic amines) is 1. The van der Waals surface area contributed by atoms with Gasteiger partial charge in [-0.1, -0.05) is 6.92 Å². The first-order chi connectivity index (χ1) is 9.58.